The van der Waals surface area contributed by atoms with Crippen LogP contribution in [0, 0.1) is 36.9 Å². The predicted molar refractivity (Wildman–Crippen MR) is 116 cm³/mol. The molecule has 0 aliphatic heterocycles. The average molecular weight is 487 g/mol. The summed E-state index contributed by atoms with van der Waals surface area (Å²) in [4.78, 5) is 8.35. The van der Waals surface area contributed by atoms with Gasteiger partial charge >= 0.3 is 16.8 Å². The molecule has 0 saturated heterocycles. The molecule has 8 nitrogen and oxygen atoms in total. The molecule has 4 aromatic rings. The summed E-state index contributed by atoms with van der Waals surface area (Å²) in [6, 6.07) is 20.8. The minimum absolute atomic E-state index is 0. The first-order chi connectivity index (χ1) is 15.5. The number of imidazole rings is 2. The van der Waals surface area contributed by atoms with Crippen LogP contribution in [0.1, 0.15) is 22.8 Å². The zero-order valence-electron chi connectivity index (χ0n) is 18.3. The Kier molecular flexibility index (Phi) is 15.4. The van der Waals surface area contributed by atoms with Crippen molar-refractivity contribution in [1.29, 1.82) is 10.5 Å². The second-order valence-electron chi connectivity index (χ2n) is 6.36. The smallest absolute Gasteiger partial charge is 0.812 e. The number of aryl methyl sites for hydroxylation is 2. The maximum absolute atomic E-state index is 8.24. The van der Waals surface area contributed by atoms with Crippen molar-refractivity contribution in [1.82, 2.24) is 19.1 Å². The fraction of sp³-hybridized carbons (Fsp3) is 0.167. The molecule has 4 rings (SSSR count). The van der Waals surface area contributed by atoms with Crippen molar-refractivity contribution in [2.24, 2.45) is 0 Å². The largest absolute Gasteiger partial charge is 2.00 e. The zero-order chi connectivity index (χ0) is 23.6. The number of hydrogen-bond acceptors (Lipinski definition) is 6. The van der Waals surface area contributed by atoms with Crippen molar-refractivity contribution in [3.05, 3.63) is 108 Å². The molecule has 0 N–H and O–H groups in total. The number of benzene rings is 2. The van der Waals surface area contributed by atoms with Gasteiger partial charge in [0.15, 0.2) is 0 Å². The molecule has 0 aliphatic carbocycles. The Balaban J connectivity index is 0.000000491. The Morgan fingerprint density at radius 3 is 1.24 bits per heavy atom. The average Bonchev–Trinajstić information content (AvgIpc) is 3.39. The van der Waals surface area contributed by atoms with E-state index in [4.69, 9.17) is 20.7 Å². The zero-order valence-corrected chi connectivity index (χ0v) is 19.4. The van der Waals surface area contributed by atoms with Crippen LogP contribution in [-0.2, 0) is 29.9 Å². The molecular formula is C24H24CoN6O2. The number of hydrogen-bond donors (Lipinski definition) is 0. The summed E-state index contributed by atoms with van der Waals surface area (Å²) in [7, 11) is 0. The van der Waals surface area contributed by atoms with Crippen LogP contribution in [0.2, 0.25) is 0 Å². The number of rotatable bonds is 4. The van der Waals surface area contributed by atoms with Crippen LogP contribution in [0.15, 0.2) is 85.5 Å². The Hall–Kier alpha value is -4.05. The van der Waals surface area contributed by atoms with Crippen molar-refractivity contribution in [3.63, 3.8) is 0 Å². The third kappa shape index (κ3) is 11.8. The third-order valence-corrected chi connectivity index (χ3v) is 4.24. The number of aromatic nitrogens is 4. The summed E-state index contributed by atoms with van der Waals surface area (Å²) in [5.74, 6) is 2.12. The molecule has 0 atom stereocenters. The van der Waals surface area contributed by atoms with E-state index in [1.54, 1.807) is 0 Å². The number of nitriles is 2. The molecule has 0 amide bonds. The van der Waals surface area contributed by atoms with E-state index >= 15 is 0 Å². The van der Waals surface area contributed by atoms with E-state index in [2.05, 4.69) is 67.6 Å². The second kappa shape index (κ2) is 17.6. The SMILES string of the molecule is Cc1nccn1Cc1ccccc1.Cc1nccn1Cc1ccccc1.N#C[O-].N#C[O-].[Co+2]. The molecule has 0 spiro atoms. The maximum atomic E-state index is 8.24. The van der Waals surface area contributed by atoms with Crippen molar-refractivity contribution in [2.75, 3.05) is 0 Å². The van der Waals surface area contributed by atoms with Gasteiger partial charge in [-0.2, -0.15) is 0 Å². The standard InChI is InChI=1S/2C11H12N2.2CHNO.Co/c2*1-10-12-7-8-13(10)9-11-5-3-2-4-6-11;2*2-1-3;/h2*2-8H,9H2,1H3;2*3H;/q;;;;+2/p-2. The monoisotopic (exact) mass is 487 g/mol. The first-order valence-corrected chi connectivity index (χ1v) is 9.61. The molecule has 9 heteroatoms. The van der Waals surface area contributed by atoms with Crippen LogP contribution in [0.3, 0.4) is 0 Å². The van der Waals surface area contributed by atoms with Gasteiger partial charge in [-0.1, -0.05) is 60.7 Å². The van der Waals surface area contributed by atoms with E-state index < -0.39 is 0 Å². The van der Waals surface area contributed by atoms with Gasteiger partial charge in [0.2, 0.25) is 0 Å². The van der Waals surface area contributed by atoms with Crippen molar-refractivity contribution >= 4 is 0 Å². The summed E-state index contributed by atoms with van der Waals surface area (Å²) in [6.45, 7) is 5.85. The predicted octanol–water partition coefficient (Wildman–Crippen LogP) is 2.13. The minimum atomic E-state index is 0. The molecular weight excluding hydrogens is 463 g/mol. The van der Waals surface area contributed by atoms with Gasteiger partial charge in [0.1, 0.15) is 11.6 Å². The molecule has 0 fully saturated rings. The molecule has 33 heavy (non-hydrogen) atoms. The van der Waals surface area contributed by atoms with Gasteiger partial charge in [-0.3, -0.25) is 0 Å². The summed E-state index contributed by atoms with van der Waals surface area (Å²) in [5.41, 5.74) is 2.62. The Labute approximate surface area is 204 Å². The van der Waals surface area contributed by atoms with Crippen molar-refractivity contribution in [2.45, 2.75) is 26.9 Å². The van der Waals surface area contributed by atoms with E-state index in [-0.39, 0.29) is 16.8 Å². The van der Waals surface area contributed by atoms with Gasteiger partial charge in [-0.25, -0.2) is 20.5 Å². The minimum Gasteiger partial charge on any atom is -0.812 e. The van der Waals surface area contributed by atoms with Gasteiger partial charge in [-0.15, -0.1) is 0 Å². The van der Waals surface area contributed by atoms with Crippen LogP contribution in [0.25, 0.3) is 0 Å². The topological polar surface area (TPSA) is 129 Å². The van der Waals surface area contributed by atoms with Gasteiger partial charge in [-0.05, 0) is 25.0 Å². The first kappa shape index (κ1) is 28.9. The molecule has 2 heterocycles. The molecule has 0 unspecified atom stereocenters. The summed E-state index contributed by atoms with van der Waals surface area (Å²) in [5, 5.41) is 30.0. The molecule has 2 aromatic carbocycles. The van der Waals surface area contributed by atoms with Crippen molar-refractivity contribution in [3.8, 4) is 12.5 Å². The number of nitrogens with zero attached hydrogens (tertiary/aromatic N) is 6. The molecule has 171 valence electrons. The Bertz CT molecular complexity index is 1010. The van der Waals surface area contributed by atoms with E-state index in [1.807, 2.05) is 50.8 Å². The van der Waals surface area contributed by atoms with Crippen LogP contribution in [0.5, 0.6) is 0 Å². The normalized spacial score (nSPS) is 8.48. The Morgan fingerprint density at radius 1 is 0.697 bits per heavy atom. The molecule has 2 aromatic heterocycles. The van der Waals surface area contributed by atoms with Gasteiger partial charge in [0.05, 0.1) is 0 Å². The molecule has 1 radical (unpaired) electrons. The summed E-state index contributed by atoms with van der Waals surface area (Å²) < 4.78 is 4.27. The van der Waals surface area contributed by atoms with E-state index in [0.29, 0.717) is 12.5 Å². The second-order valence-corrected chi connectivity index (χ2v) is 6.36. The molecule has 0 aliphatic rings. The van der Waals surface area contributed by atoms with Crippen LogP contribution in [-0.4, -0.2) is 19.1 Å². The van der Waals surface area contributed by atoms with E-state index in [0.717, 1.165) is 24.7 Å². The fourth-order valence-electron chi connectivity index (χ4n) is 2.70. The maximum Gasteiger partial charge on any atom is 2.00 e. The van der Waals surface area contributed by atoms with Crippen LogP contribution in [0.4, 0.5) is 0 Å². The summed E-state index contributed by atoms with van der Waals surface area (Å²) >= 11 is 0. The van der Waals surface area contributed by atoms with Gasteiger partial charge in [0.25, 0.3) is 0 Å². The molecule has 0 bridgehead atoms. The van der Waals surface area contributed by atoms with Crippen molar-refractivity contribution < 1.29 is 27.0 Å². The third-order valence-electron chi connectivity index (χ3n) is 4.24. The fourth-order valence-corrected chi connectivity index (χ4v) is 2.70. The van der Waals surface area contributed by atoms with Crippen LogP contribution >= 0.6 is 0 Å². The van der Waals surface area contributed by atoms with E-state index in [9.17, 15) is 0 Å². The first-order valence-electron chi connectivity index (χ1n) is 9.61. The molecule has 0 saturated carbocycles. The van der Waals surface area contributed by atoms with Crippen LogP contribution < -0.4 is 10.2 Å². The van der Waals surface area contributed by atoms with Gasteiger partial charge in [0, 0.05) is 50.4 Å². The Morgan fingerprint density at radius 2 is 1.00 bits per heavy atom. The quantitative estimate of drug-likeness (QED) is 0.406. The summed E-state index contributed by atoms with van der Waals surface area (Å²) in [6.07, 6.45) is 8.67. The van der Waals surface area contributed by atoms with E-state index in [1.165, 1.54) is 11.1 Å². The van der Waals surface area contributed by atoms with Gasteiger partial charge < -0.3 is 19.3 Å².